The number of anilines is 1. The van der Waals surface area contributed by atoms with E-state index < -0.39 is 0 Å². The molecule has 0 fully saturated rings. The summed E-state index contributed by atoms with van der Waals surface area (Å²) < 4.78 is 0. The van der Waals surface area contributed by atoms with Gasteiger partial charge in [0.05, 0.1) is 12.2 Å². The second-order valence-electron chi connectivity index (χ2n) is 5.57. The number of benzene rings is 1. The minimum atomic E-state index is -0.0742. The van der Waals surface area contributed by atoms with Gasteiger partial charge in [-0.25, -0.2) is 4.79 Å². The van der Waals surface area contributed by atoms with Gasteiger partial charge < -0.3 is 15.1 Å². The van der Waals surface area contributed by atoms with E-state index in [0.29, 0.717) is 19.6 Å². The van der Waals surface area contributed by atoms with Gasteiger partial charge in [0.25, 0.3) is 0 Å². The summed E-state index contributed by atoms with van der Waals surface area (Å²) in [6.45, 7) is 3.57. The number of carbonyl (C=O) groups is 1. The molecule has 0 aliphatic heterocycles. The maximum Gasteiger partial charge on any atom is 0.318 e. The van der Waals surface area contributed by atoms with E-state index in [4.69, 9.17) is 0 Å². The van der Waals surface area contributed by atoms with E-state index >= 15 is 0 Å². The van der Waals surface area contributed by atoms with Crippen LogP contribution in [0.15, 0.2) is 48.7 Å². The molecule has 1 aromatic heterocycles. The van der Waals surface area contributed by atoms with Crippen molar-refractivity contribution in [2.24, 2.45) is 0 Å². The van der Waals surface area contributed by atoms with Crippen molar-refractivity contribution in [1.29, 1.82) is 0 Å². The molecule has 2 rings (SSSR count). The predicted molar refractivity (Wildman–Crippen MR) is 93.3 cm³/mol. The lowest BCUT2D eigenvalue weighted by Crippen LogP contribution is -2.39. The van der Waals surface area contributed by atoms with Crippen molar-refractivity contribution >= 4 is 11.7 Å². The molecule has 5 heteroatoms. The summed E-state index contributed by atoms with van der Waals surface area (Å²) in [5, 5.41) is 2.87. The number of pyridine rings is 1. The summed E-state index contributed by atoms with van der Waals surface area (Å²) in [7, 11) is 4.02. The molecule has 1 heterocycles. The van der Waals surface area contributed by atoms with E-state index in [2.05, 4.69) is 39.5 Å². The molecule has 0 unspecified atom stereocenters. The third-order valence-corrected chi connectivity index (χ3v) is 3.52. The van der Waals surface area contributed by atoms with Gasteiger partial charge in [0.2, 0.25) is 0 Å². The first-order valence-electron chi connectivity index (χ1n) is 7.79. The van der Waals surface area contributed by atoms with Gasteiger partial charge >= 0.3 is 6.03 Å². The molecule has 0 radical (unpaired) electrons. The number of hydrogen-bond donors (Lipinski definition) is 1. The Morgan fingerprint density at radius 1 is 1.09 bits per heavy atom. The standard InChI is InChI=1S/C18H24N4O/c1-4-19-18(23)22(14-16-7-5-6-12-20-16)13-15-8-10-17(11-9-15)21(2)3/h5-12H,4,13-14H2,1-3H3,(H,19,23). The highest BCUT2D eigenvalue weighted by Crippen LogP contribution is 2.15. The summed E-state index contributed by atoms with van der Waals surface area (Å²) in [5.74, 6) is 0. The lowest BCUT2D eigenvalue weighted by molar-refractivity contribution is 0.192. The molecule has 2 aromatic rings. The maximum absolute atomic E-state index is 12.3. The molecule has 1 N–H and O–H groups in total. The van der Waals surface area contributed by atoms with Crippen molar-refractivity contribution in [1.82, 2.24) is 15.2 Å². The Kier molecular flexibility index (Phi) is 5.97. The third kappa shape index (κ3) is 4.98. The van der Waals surface area contributed by atoms with Crippen LogP contribution in [0, 0.1) is 0 Å². The van der Waals surface area contributed by atoms with E-state index in [1.54, 1.807) is 11.1 Å². The van der Waals surface area contributed by atoms with Gasteiger partial charge in [0.1, 0.15) is 0 Å². The summed E-state index contributed by atoms with van der Waals surface area (Å²) in [6.07, 6.45) is 1.75. The van der Waals surface area contributed by atoms with Crippen LogP contribution in [0.4, 0.5) is 10.5 Å². The number of hydrogen-bond acceptors (Lipinski definition) is 3. The lowest BCUT2D eigenvalue weighted by atomic mass is 10.2. The second-order valence-corrected chi connectivity index (χ2v) is 5.57. The van der Waals surface area contributed by atoms with E-state index in [9.17, 15) is 4.79 Å². The first-order chi connectivity index (χ1) is 11.1. The van der Waals surface area contributed by atoms with Crippen molar-refractivity contribution in [3.05, 3.63) is 59.9 Å². The molecule has 2 amide bonds. The number of amides is 2. The van der Waals surface area contributed by atoms with E-state index in [-0.39, 0.29) is 6.03 Å². The molecule has 0 bridgehead atoms. The van der Waals surface area contributed by atoms with Crippen LogP contribution < -0.4 is 10.2 Å². The highest BCUT2D eigenvalue weighted by molar-refractivity contribution is 5.74. The van der Waals surface area contributed by atoms with Crippen molar-refractivity contribution in [3.63, 3.8) is 0 Å². The minimum absolute atomic E-state index is 0.0742. The van der Waals surface area contributed by atoms with Crippen molar-refractivity contribution in [2.45, 2.75) is 20.0 Å². The van der Waals surface area contributed by atoms with Gasteiger partial charge in [0.15, 0.2) is 0 Å². The molecule has 0 aliphatic carbocycles. The van der Waals surface area contributed by atoms with E-state index in [0.717, 1.165) is 16.9 Å². The normalized spacial score (nSPS) is 10.2. The van der Waals surface area contributed by atoms with Crippen LogP contribution in [0.5, 0.6) is 0 Å². The first-order valence-corrected chi connectivity index (χ1v) is 7.79. The van der Waals surface area contributed by atoms with Gasteiger partial charge in [-0.05, 0) is 36.8 Å². The number of nitrogens with zero attached hydrogens (tertiary/aromatic N) is 3. The topological polar surface area (TPSA) is 48.5 Å². The lowest BCUT2D eigenvalue weighted by Gasteiger charge is -2.23. The average molecular weight is 312 g/mol. The molecule has 0 saturated carbocycles. The molecule has 1 aromatic carbocycles. The molecular weight excluding hydrogens is 288 g/mol. The van der Waals surface area contributed by atoms with Crippen LogP contribution >= 0.6 is 0 Å². The van der Waals surface area contributed by atoms with E-state index in [1.165, 1.54) is 0 Å². The fraction of sp³-hybridized carbons (Fsp3) is 0.333. The summed E-state index contributed by atoms with van der Waals surface area (Å²) in [4.78, 5) is 20.4. The molecule has 0 atom stereocenters. The van der Waals surface area contributed by atoms with Gasteiger partial charge in [-0.3, -0.25) is 4.98 Å². The fourth-order valence-electron chi connectivity index (χ4n) is 2.27. The van der Waals surface area contributed by atoms with Crippen LogP contribution in [0.2, 0.25) is 0 Å². The molecule has 0 aliphatic rings. The van der Waals surface area contributed by atoms with Gasteiger partial charge in [0, 0.05) is 39.1 Å². The molecule has 0 saturated heterocycles. The van der Waals surface area contributed by atoms with Gasteiger partial charge in [-0.15, -0.1) is 0 Å². The SMILES string of the molecule is CCNC(=O)N(Cc1ccc(N(C)C)cc1)Cc1ccccn1. The van der Waals surface area contributed by atoms with Crippen LogP contribution in [0.3, 0.4) is 0 Å². The fourth-order valence-corrected chi connectivity index (χ4v) is 2.27. The zero-order valence-corrected chi connectivity index (χ0v) is 14.0. The Morgan fingerprint density at radius 2 is 1.83 bits per heavy atom. The highest BCUT2D eigenvalue weighted by Gasteiger charge is 2.14. The van der Waals surface area contributed by atoms with Crippen LogP contribution in [0.1, 0.15) is 18.2 Å². The smallest absolute Gasteiger partial charge is 0.318 e. The Morgan fingerprint density at radius 3 is 2.39 bits per heavy atom. The zero-order valence-electron chi connectivity index (χ0n) is 14.0. The minimum Gasteiger partial charge on any atom is -0.378 e. The van der Waals surface area contributed by atoms with Crippen molar-refractivity contribution in [2.75, 3.05) is 25.5 Å². The van der Waals surface area contributed by atoms with Gasteiger partial charge in [-0.2, -0.15) is 0 Å². The summed E-state index contributed by atoms with van der Waals surface area (Å²) >= 11 is 0. The van der Waals surface area contributed by atoms with Crippen LogP contribution in [-0.2, 0) is 13.1 Å². The molecule has 5 nitrogen and oxygen atoms in total. The Balaban J connectivity index is 2.12. The Labute approximate surface area is 137 Å². The predicted octanol–water partition coefficient (Wildman–Crippen LogP) is 2.88. The quantitative estimate of drug-likeness (QED) is 0.892. The third-order valence-electron chi connectivity index (χ3n) is 3.52. The van der Waals surface area contributed by atoms with Gasteiger partial charge in [-0.1, -0.05) is 18.2 Å². The number of rotatable bonds is 6. The Bertz CT molecular complexity index is 611. The molecular formula is C18H24N4O. The maximum atomic E-state index is 12.3. The van der Waals surface area contributed by atoms with Crippen molar-refractivity contribution < 1.29 is 4.79 Å². The van der Waals surface area contributed by atoms with E-state index in [1.807, 2.05) is 39.2 Å². The van der Waals surface area contributed by atoms with Crippen molar-refractivity contribution in [3.8, 4) is 0 Å². The van der Waals surface area contributed by atoms with Crippen LogP contribution in [-0.4, -0.2) is 36.6 Å². The number of urea groups is 1. The number of aromatic nitrogens is 1. The molecule has 0 spiro atoms. The summed E-state index contributed by atoms with van der Waals surface area (Å²) in [6, 6.07) is 13.9. The zero-order chi connectivity index (χ0) is 16.7. The number of nitrogens with one attached hydrogen (secondary N) is 1. The van der Waals surface area contributed by atoms with Crippen LogP contribution in [0.25, 0.3) is 0 Å². The monoisotopic (exact) mass is 312 g/mol. The highest BCUT2D eigenvalue weighted by atomic mass is 16.2. The largest absolute Gasteiger partial charge is 0.378 e. The molecule has 23 heavy (non-hydrogen) atoms. The molecule has 122 valence electrons. The average Bonchev–Trinajstić information content (AvgIpc) is 2.56. The Hall–Kier alpha value is -2.56. The summed E-state index contributed by atoms with van der Waals surface area (Å²) in [5.41, 5.74) is 3.12. The second kappa shape index (κ2) is 8.17. The number of carbonyl (C=O) groups excluding carboxylic acids is 1. The first kappa shape index (κ1) is 16.8.